The third-order valence-corrected chi connectivity index (χ3v) is 3.37. The number of amides is 1. The quantitative estimate of drug-likeness (QED) is 0.819. The summed E-state index contributed by atoms with van der Waals surface area (Å²) >= 11 is 0. The maximum atomic E-state index is 13.4. The molecular weight excluding hydrogens is 245 g/mol. The first kappa shape index (κ1) is 13.7. The van der Waals surface area contributed by atoms with E-state index in [1.807, 2.05) is 6.08 Å². The van der Waals surface area contributed by atoms with E-state index < -0.39 is 11.9 Å². The number of carbonyl (C=O) groups is 1. The van der Waals surface area contributed by atoms with Crippen molar-refractivity contribution in [2.75, 3.05) is 6.54 Å². The third kappa shape index (κ3) is 3.64. The summed E-state index contributed by atoms with van der Waals surface area (Å²) in [5.41, 5.74) is 0.214. The van der Waals surface area contributed by atoms with Crippen molar-refractivity contribution < 1.29 is 14.3 Å². The van der Waals surface area contributed by atoms with Gasteiger partial charge in [0.05, 0.1) is 6.10 Å². The molecule has 0 spiro atoms. The smallest absolute Gasteiger partial charge is 0.223 e. The molecule has 1 amide bonds. The van der Waals surface area contributed by atoms with Crippen LogP contribution in [0.1, 0.15) is 30.9 Å². The second kappa shape index (κ2) is 6.48. The third-order valence-electron chi connectivity index (χ3n) is 3.37. The van der Waals surface area contributed by atoms with Crippen LogP contribution in [-0.4, -0.2) is 17.6 Å². The first-order valence-electron chi connectivity index (χ1n) is 6.53. The van der Waals surface area contributed by atoms with Gasteiger partial charge in [0.2, 0.25) is 5.91 Å². The fraction of sp³-hybridized carbons (Fsp3) is 0.400. The Balaban J connectivity index is 1.86. The average molecular weight is 263 g/mol. The van der Waals surface area contributed by atoms with E-state index in [2.05, 4.69) is 11.4 Å². The molecule has 1 aromatic rings. The summed E-state index contributed by atoms with van der Waals surface area (Å²) in [6, 6.07) is 6.05. The van der Waals surface area contributed by atoms with Crippen molar-refractivity contribution in [2.45, 2.75) is 25.4 Å². The van der Waals surface area contributed by atoms with Gasteiger partial charge in [-0.3, -0.25) is 4.79 Å². The Hall–Kier alpha value is -1.68. The first-order valence-corrected chi connectivity index (χ1v) is 6.53. The van der Waals surface area contributed by atoms with Gasteiger partial charge in [0.15, 0.2) is 0 Å². The number of nitrogens with one attached hydrogen (secondary N) is 1. The number of halogens is 1. The van der Waals surface area contributed by atoms with Crippen LogP contribution >= 0.6 is 0 Å². The molecule has 19 heavy (non-hydrogen) atoms. The highest BCUT2D eigenvalue weighted by atomic mass is 19.1. The lowest BCUT2D eigenvalue weighted by atomic mass is 9.93. The van der Waals surface area contributed by atoms with E-state index in [1.165, 1.54) is 12.1 Å². The van der Waals surface area contributed by atoms with Crippen LogP contribution in [0.25, 0.3) is 0 Å². The maximum absolute atomic E-state index is 13.4. The van der Waals surface area contributed by atoms with Gasteiger partial charge in [-0.15, -0.1) is 0 Å². The van der Waals surface area contributed by atoms with E-state index >= 15 is 0 Å². The molecule has 2 atom stereocenters. The Labute approximate surface area is 112 Å². The predicted molar refractivity (Wildman–Crippen MR) is 70.9 cm³/mol. The van der Waals surface area contributed by atoms with Crippen LogP contribution in [0, 0.1) is 11.7 Å². The van der Waals surface area contributed by atoms with Gasteiger partial charge in [0.1, 0.15) is 5.82 Å². The number of hydrogen-bond acceptors (Lipinski definition) is 2. The molecule has 0 heterocycles. The fourth-order valence-corrected chi connectivity index (χ4v) is 2.23. The Morgan fingerprint density at radius 1 is 1.42 bits per heavy atom. The summed E-state index contributed by atoms with van der Waals surface area (Å²) in [4.78, 5) is 11.9. The topological polar surface area (TPSA) is 49.3 Å². The number of aliphatic hydroxyl groups is 1. The molecule has 1 aliphatic carbocycles. The second-order valence-corrected chi connectivity index (χ2v) is 4.76. The second-order valence-electron chi connectivity index (χ2n) is 4.76. The number of benzene rings is 1. The number of hydrogen-bond donors (Lipinski definition) is 2. The largest absolute Gasteiger partial charge is 0.386 e. The van der Waals surface area contributed by atoms with Gasteiger partial charge in [-0.2, -0.15) is 0 Å². The lowest BCUT2D eigenvalue weighted by molar-refractivity contribution is -0.125. The van der Waals surface area contributed by atoms with Gasteiger partial charge in [-0.1, -0.05) is 30.4 Å². The van der Waals surface area contributed by atoms with Crippen LogP contribution in [0.15, 0.2) is 36.4 Å². The number of aliphatic hydroxyl groups excluding tert-OH is 1. The van der Waals surface area contributed by atoms with Crippen molar-refractivity contribution >= 4 is 5.91 Å². The normalized spacial score (nSPS) is 20.0. The summed E-state index contributed by atoms with van der Waals surface area (Å²) in [6.45, 7) is 0.0416. The summed E-state index contributed by atoms with van der Waals surface area (Å²) < 4.78 is 13.4. The fourth-order valence-electron chi connectivity index (χ4n) is 2.23. The zero-order chi connectivity index (χ0) is 13.7. The molecule has 4 heteroatoms. The molecule has 0 fully saturated rings. The van der Waals surface area contributed by atoms with Gasteiger partial charge < -0.3 is 10.4 Å². The van der Waals surface area contributed by atoms with Crippen LogP contribution in [-0.2, 0) is 4.79 Å². The van der Waals surface area contributed by atoms with Crippen LogP contribution < -0.4 is 5.32 Å². The Morgan fingerprint density at radius 2 is 2.21 bits per heavy atom. The van der Waals surface area contributed by atoms with E-state index in [4.69, 9.17) is 0 Å². The number of rotatable bonds is 4. The molecule has 1 aliphatic rings. The monoisotopic (exact) mass is 263 g/mol. The zero-order valence-corrected chi connectivity index (χ0v) is 10.7. The summed E-state index contributed by atoms with van der Waals surface area (Å²) in [5, 5.41) is 12.6. The number of carbonyl (C=O) groups excluding carboxylic acids is 1. The van der Waals surface area contributed by atoms with Gasteiger partial charge in [0, 0.05) is 18.0 Å². The molecule has 0 aliphatic heterocycles. The standard InChI is InChI=1S/C15H18FNO2/c16-13-9-5-4-8-12(13)14(18)10-17-15(19)11-6-2-1-3-7-11/h1-2,4-5,8-9,11,14,18H,3,6-7,10H2,(H,17,19). The molecular formula is C15H18FNO2. The van der Waals surface area contributed by atoms with E-state index in [0.717, 1.165) is 19.3 Å². The van der Waals surface area contributed by atoms with Crippen LogP contribution in [0.2, 0.25) is 0 Å². The summed E-state index contributed by atoms with van der Waals surface area (Å²) in [5.74, 6) is -0.553. The van der Waals surface area contributed by atoms with E-state index in [0.29, 0.717) is 0 Å². The van der Waals surface area contributed by atoms with Gasteiger partial charge in [0.25, 0.3) is 0 Å². The minimum atomic E-state index is -1.01. The van der Waals surface area contributed by atoms with Crippen molar-refractivity contribution in [1.82, 2.24) is 5.32 Å². The lowest BCUT2D eigenvalue weighted by Crippen LogP contribution is -2.34. The molecule has 2 unspecified atom stereocenters. The SMILES string of the molecule is O=C(NCC(O)c1ccccc1F)C1CC=CCC1. The van der Waals surface area contributed by atoms with Crippen LogP contribution in [0.3, 0.4) is 0 Å². The Kier molecular flexibility index (Phi) is 4.68. The molecule has 0 saturated carbocycles. The minimum absolute atomic E-state index is 0.0298. The van der Waals surface area contributed by atoms with Crippen molar-refractivity contribution in [3.8, 4) is 0 Å². The molecule has 0 bridgehead atoms. The van der Waals surface area contributed by atoms with Gasteiger partial charge in [-0.05, 0) is 25.3 Å². The van der Waals surface area contributed by atoms with Crippen molar-refractivity contribution in [1.29, 1.82) is 0 Å². The highest BCUT2D eigenvalue weighted by Gasteiger charge is 2.20. The summed E-state index contributed by atoms with van der Waals surface area (Å²) in [7, 11) is 0. The lowest BCUT2D eigenvalue weighted by Gasteiger charge is -2.19. The summed E-state index contributed by atoms with van der Waals surface area (Å²) in [6.07, 6.45) is 5.54. The molecule has 2 N–H and O–H groups in total. The van der Waals surface area contributed by atoms with E-state index in [-0.39, 0.29) is 23.9 Å². The highest BCUT2D eigenvalue weighted by Crippen LogP contribution is 2.19. The molecule has 1 aromatic carbocycles. The first-order chi connectivity index (χ1) is 9.18. The Bertz CT molecular complexity index is 473. The molecule has 2 rings (SSSR count). The van der Waals surface area contributed by atoms with Crippen LogP contribution in [0.5, 0.6) is 0 Å². The molecule has 3 nitrogen and oxygen atoms in total. The van der Waals surface area contributed by atoms with E-state index in [9.17, 15) is 14.3 Å². The van der Waals surface area contributed by atoms with Gasteiger partial charge >= 0.3 is 0 Å². The molecule has 0 saturated heterocycles. The average Bonchev–Trinajstić information content (AvgIpc) is 2.46. The predicted octanol–water partition coefficient (Wildman–Crippen LogP) is 2.33. The molecule has 0 radical (unpaired) electrons. The molecule has 0 aromatic heterocycles. The molecule has 102 valence electrons. The maximum Gasteiger partial charge on any atom is 0.223 e. The van der Waals surface area contributed by atoms with Crippen molar-refractivity contribution in [3.63, 3.8) is 0 Å². The Morgan fingerprint density at radius 3 is 2.89 bits per heavy atom. The highest BCUT2D eigenvalue weighted by molar-refractivity contribution is 5.79. The van der Waals surface area contributed by atoms with Gasteiger partial charge in [-0.25, -0.2) is 4.39 Å². The van der Waals surface area contributed by atoms with Crippen molar-refractivity contribution in [3.05, 3.63) is 47.8 Å². The van der Waals surface area contributed by atoms with Crippen molar-refractivity contribution in [2.24, 2.45) is 5.92 Å². The zero-order valence-electron chi connectivity index (χ0n) is 10.7. The minimum Gasteiger partial charge on any atom is -0.386 e. The number of allylic oxidation sites excluding steroid dienone is 2. The van der Waals surface area contributed by atoms with Crippen LogP contribution in [0.4, 0.5) is 4.39 Å². The van der Waals surface area contributed by atoms with E-state index in [1.54, 1.807) is 12.1 Å².